The number of ether oxygens (including phenoxy) is 1. The Balaban J connectivity index is 0. The van der Waals surface area contributed by atoms with Gasteiger partial charge >= 0.3 is 12.1 Å². The van der Waals surface area contributed by atoms with Gasteiger partial charge < -0.3 is 9.84 Å². The van der Waals surface area contributed by atoms with Crippen LogP contribution in [0, 0.1) is 0 Å². The van der Waals surface area contributed by atoms with Gasteiger partial charge in [0, 0.05) is 0 Å². The smallest absolute Gasteiger partial charge is 0.415 e. The standard InChI is InChI=1S/C7H11NO4.C3H8S.C2H6/c1-4(5(9)10)8-6(11)12-7(8,2)3;1-3-4-2;1-2/h4H,1-3H3,(H,9,10);3H2,1-2H3;1-2H3. The first-order chi connectivity index (χ1) is 8.27. The summed E-state index contributed by atoms with van der Waals surface area (Å²) in [5, 5.41) is 8.62. The fourth-order valence-electron chi connectivity index (χ4n) is 1.23. The van der Waals surface area contributed by atoms with Crippen molar-refractivity contribution in [1.82, 2.24) is 4.90 Å². The van der Waals surface area contributed by atoms with Gasteiger partial charge in [-0.3, -0.25) is 4.90 Å². The van der Waals surface area contributed by atoms with E-state index in [1.165, 1.54) is 17.6 Å². The molecule has 0 aromatic carbocycles. The number of cyclic esters (lactones) is 1. The number of carboxylic acids is 1. The van der Waals surface area contributed by atoms with Gasteiger partial charge in [0.2, 0.25) is 0 Å². The molecule has 5 nitrogen and oxygen atoms in total. The minimum Gasteiger partial charge on any atom is -0.480 e. The molecule has 0 radical (unpaired) electrons. The van der Waals surface area contributed by atoms with Crippen LogP contribution in [0.4, 0.5) is 4.79 Å². The molecule has 0 aromatic heterocycles. The van der Waals surface area contributed by atoms with E-state index in [1.807, 2.05) is 25.6 Å². The third-order valence-electron chi connectivity index (χ3n) is 2.15. The topological polar surface area (TPSA) is 66.8 Å². The fourth-order valence-corrected chi connectivity index (χ4v) is 1.23. The first-order valence-corrected chi connectivity index (χ1v) is 7.41. The van der Waals surface area contributed by atoms with Gasteiger partial charge in [0.1, 0.15) is 6.04 Å². The Labute approximate surface area is 114 Å². The first-order valence-electron chi connectivity index (χ1n) is 6.02. The van der Waals surface area contributed by atoms with Gasteiger partial charge in [0.25, 0.3) is 0 Å². The lowest BCUT2D eigenvalue weighted by molar-refractivity contribution is -0.189. The number of hydrogen-bond donors (Lipinski definition) is 1. The zero-order valence-electron chi connectivity index (χ0n) is 12.3. The lowest BCUT2D eigenvalue weighted by atomic mass is 10.1. The molecule has 1 N–H and O–H groups in total. The Morgan fingerprint density at radius 1 is 1.50 bits per heavy atom. The molecule has 6 heteroatoms. The summed E-state index contributed by atoms with van der Waals surface area (Å²) in [6.45, 7) is 10.9. The van der Waals surface area contributed by atoms with E-state index in [0.717, 1.165) is 0 Å². The average molecular weight is 279 g/mol. The molecule has 108 valence electrons. The Bertz CT molecular complexity index is 267. The highest BCUT2D eigenvalue weighted by atomic mass is 32.2. The number of thioether (sulfide) groups is 1. The van der Waals surface area contributed by atoms with Crippen LogP contribution in [0.5, 0.6) is 0 Å². The number of rotatable bonds is 3. The zero-order chi connectivity index (χ0) is 14.9. The minimum atomic E-state index is -1.03. The summed E-state index contributed by atoms with van der Waals surface area (Å²) in [6, 6.07) is -0.832. The van der Waals surface area contributed by atoms with E-state index >= 15 is 0 Å². The van der Waals surface area contributed by atoms with Crippen molar-refractivity contribution in [2.75, 3.05) is 12.0 Å². The number of carbonyl (C=O) groups is 2. The lowest BCUT2D eigenvalue weighted by Gasteiger charge is -2.48. The molecular weight excluding hydrogens is 254 g/mol. The van der Waals surface area contributed by atoms with Crippen LogP contribution >= 0.6 is 11.8 Å². The molecule has 0 spiro atoms. The largest absolute Gasteiger partial charge is 0.480 e. The van der Waals surface area contributed by atoms with Crippen LogP contribution < -0.4 is 0 Å². The average Bonchev–Trinajstić information content (AvgIpc) is 2.30. The second-order valence-corrected chi connectivity index (χ2v) is 4.93. The van der Waals surface area contributed by atoms with E-state index < -0.39 is 23.8 Å². The van der Waals surface area contributed by atoms with Gasteiger partial charge in [-0.1, -0.05) is 20.8 Å². The van der Waals surface area contributed by atoms with Crippen molar-refractivity contribution >= 4 is 23.8 Å². The number of nitrogens with zero attached hydrogens (tertiary/aromatic N) is 1. The molecule has 1 aliphatic rings. The van der Waals surface area contributed by atoms with Crippen molar-refractivity contribution in [3.05, 3.63) is 0 Å². The minimum absolute atomic E-state index is 0.574. The molecule has 1 unspecified atom stereocenters. The van der Waals surface area contributed by atoms with E-state index in [-0.39, 0.29) is 0 Å². The maximum absolute atomic E-state index is 10.8. The maximum Gasteiger partial charge on any atom is 0.415 e. The number of aliphatic carboxylic acids is 1. The SMILES string of the molecule is CC.CC(C(=O)O)N1C(=O)OC1(C)C.CCSC. The predicted octanol–water partition coefficient (Wildman–Crippen LogP) is 3.04. The van der Waals surface area contributed by atoms with Gasteiger partial charge in [-0.25, -0.2) is 9.59 Å². The van der Waals surface area contributed by atoms with Gasteiger partial charge in [0.05, 0.1) is 0 Å². The van der Waals surface area contributed by atoms with Crippen molar-refractivity contribution < 1.29 is 19.4 Å². The molecule has 1 atom stereocenters. The maximum atomic E-state index is 10.8. The molecule has 1 saturated heterocycles. The predicted molar refractivity (Wildman–Crippen MR) is 74.9 cm³/mol. The van der Waals surface area contributed by atoms with Crippen LogP contribution in [-0.2, 0) is 9.53 Å². The molecule has 18 heavy (non-hydrogen) atoms. The van der Waals surface area contributed by atoms with Crippen LogP contribution in [0.3, 0.4) is 0 Å². The van der Waals surface area contributed by atoms with Crippen LogP contribution in [-0.4, -0.2) is 45.8 Å². The highest BCUT2D eigenvalue weighted by Crippen LogP contribution is 2.30. The second-order valence-electron chi connectivity index (χ2n) is 3.78. The lowest BCUT2D eigenvalue weighted by Crippen LogP contribution is -2.66. The van der Waals surface area contributed by atoms with Gasteiger partial charge in [-0.2, -0.15) is 11.8 Å². The highest BCUT2D eigenvalue weighted by molar-refractivity contribution is 7.98. The molecule has 0 aliphatic carbocycles. The van der Waals surface area contributed by atoms with Crippen LogP contribution in [0.1, 0.15) is 41.5 Å². The monoisotopic (exact) mass is 279 g/mol. The molecule has 0 saturated carbocycles. The molecule has 1 heterocycles. The molecule has 0 aromatic rings. The van der Waals surface area contributed by atoms with Crippen molar-refractivity contribution in [1.29, 1.82) is 0 Å². The fraction of sp³-hybridized carbons (Fsp3) is 0.833. The Morgan fingerprint density at radius 3 is 2.00 bits per heavy atom. The van der Waals surface area contributed by atoms with Gasteiger partial charge in [-0.15, -0.1) is 0 Å². The van der Waals surface area contributed by atoms with E-state index in [2.05, 4.69) is 13.2 Å². The molecule has 1 fully saturated rings. The number of hydrogen-bond acceptors (Lipinski definition) is 4. The van der Waals surface area contributed by atoms with Gasteiger partial charge in [-0.05, 0) is 32.8 Å². The number of carbonyl (C=O) groups excluding carboxylic acids is 1. The zero-order valence-corrected chi connectivity index (χ0v) is 13.1. The summed E-state index contributed by atoms with van der Waals surface area (Å²) in [4.78, 5) is 22.5. The second kappa shape index (κ2) is 9.08. The Morgan fingerprint density at radius 2 is 1.89 bits per heavy atom. The van der Waals surface area contributed by atoms with Crippen molar-refractivity contribution in [2.24, 2.45) is 0 Å². The summed E-state index contributed by atoms with van der Waals surface area (Å²) in [5.41, 5.74) is -0.783. The van der Waals surface area contributed by atoms with Crippen molar-refractivity contribution in [2.45, 2.75) is 53.3 Å². The summed E-state index contributed by atoms with van der Waals surface area (Å²) < 4.78 is 4.73. The summed E-state index contributed by atoms with van der Waals surface area (Å²) in [5.74, 6) is 0.208. The van der Waals surface area contributed by atoms with E-state index in [1.54, 1.807) is 13.8 Å². The molecular formula is C12H25NO4S. The summed E-state index contributed by atoms with van der Waals surface area (Å²) >= 11 is 1.86. The van der Waals surface area contributed by atoms with Crippen LogP contribution in [0.2, 0.25) is 0 Å². The third kappa shape index (κ3) is 5.62. The van der Waals surface area contributed by atoms with E-state index in [4.69, 9.17) is 9.84 Å². The van der Waals surface area contributed by atoms with Crippen LogP contribution in [0.25, 0.3) is 0 Å². The first kappa shape index (κ1) is 19.4. The molecule has 1 amide bonds. The summed E-state index contributed by atoms with van der Waals surface area (Å²) in [7, 11) is 0. The van der Waals surface area contributed by atoms with Gasteiger partial charge in [0.15, 0.2) is 5.72 Å². The Hall–Kier alpha value is -0.910. The molecule has 1 aliphatic heterocycles. The quantitative estimate of drug-likeness (QED) is 0.860. The third-order valence-corrected chi connectivity index (χ3v) is 2.72. The van der Waals surface area contributed by atoms with E-state index in [0.29, 0.717) is 0 Å². The number of amides is 1. The summed E-state index contributed by atoms with van der Waals surface area (Å²) in [6.07, 6.45) is 1.52. The van der Waals surface area contributed by atoms with Crippen LogP contribution in [0.15, 0.2) is 0 Å². The molecule has 1 rings (SSSR count). The van der Waals surface area contributed by atoms with Crippen molar-refractivity contribution in [3.63, 3.8) is 0 Å². The van der Waals surface area contributed by atoms with E-state index in [9.17, 15) is 9.59 Å². The highest BCUT2D eigenvalue weighted by Gasteiger charge is 2.50. The van der Waals surface area contributed by atoms with Crippen molar-refractivity contribution in [3.8, 4) is 0 Å². The molecule has 0 bridgehead atoms. The normalized spacial score (nSPS) is 17.1. The number of carboxylic acid groups (broad SMARTS) is 1. The Kier molecular flexibility index (Phi) is 9.80.